The lowest BCUT2D eigenvalue weighted by Crippen LogP contribution is -2.33. The maximum Gasteiger partial charge on any atom is 0.0207 e. The molecule has 0 aliphatic carbocycles. The van der Waals surface area contributed by atoms with Gasteiger partial charge in [0.25, 0.3) is 0 Å². The molecule has 0 saturated carbocycles. The van der Waals surface area contributed by atoms with Crippen molar-refractivity contribution in [1.82, 2.24) is 10.2 Å². The number of hydrogen-bond acceptors (Lipinski definition) is 2. The first-order chi connectivity index (χ1) is 6.72. The minimum atomic E-state index is 0.737. The number of rotatable bonds is 5. The molecule has 1 N–H and O–H groups in total. The van der Waals surface area contributed by atoms with E-state index in [9.17, 15) is 0 Å². The smallest absolute Gasteiger partial charge is 0.0207 e. The van der Waals surface area contributed by atoms with Crippen molar-refractivity contribution >= 4 is 0 Å². The average Bonchev–Trinajstić information content (AvgIpc) is 2.59. The largest absolute Gasteiger partial charge is 0.313 e. The summed E-state index contributed by atoms with van der Waals surface area (Å²) in [5.74, 6) is 0. The summed E-state index contributed by atoms with van der Waals surface area (Å²) >= 11 is 0. The van der Waals surface area contributed by atoms with E-state index in [0.717, 1.165) is 12.6 Å². The molecule has 1 aliphatic heterocycles. The van der Waals surface area contributed by atoms with Gasteiger partial charge < -0.3 is 5.32 Å². The summed E-state index contributed by atoms with van der Waals surface area (Å²) < 4.78 is 0. The molecule has 1 saturated heterocycles. The van der Waals surface area contributed by atoms with E-state index < -0.39 is 0 Å². The second-order valence-corrected chi connectivity index (χ2v) is 4.48. The summed E-state index contributed by atoms with van der Waals surface area (Å²) in [6.45, 7) is 11.3. The van der Waals surface area contributed by atoms with E-state index in [4.69, 9.17) is 0 Å². The van der Waals surface area contributed by atoms with Crippen LogP contribution in [0.1, 0.15) is 33.6 Å². The van der Waals surface area contributed by atoms with Crippen molar-refractivity contribution in [2.45, 2.75) is 39.7 Å². The Hall–Kier alpha value is -0.340. The van der Waals surface area contributed by atoms with Gasteiger partial charge in [0.15, 0.2) is 0 Å². The van der Waals surface area contributed by atoms with E-state index in [1.807, 2.05) is 0 Å². The highest BCUT2D eigenvalue weighted by atomic mass is 15.2. The molecule has 1 unspecified atom stereocenters. The summed E-state index contributed by atoms with van der Waals surface area (Å²) in [7, 11) is 0. The zero-order valence-electron chi connectivity index (χ0n) is 9.84. The van der Waals surface area contributed by atoms with Gasteiger partial charge in [0, 0.05) is 25.7 Å². The molecule has 1 atom stereocenters. The van der Waals surface area contributed by atoms with E-state index in [0.29, 0.717) is 0 Å². The summed E-state index contributed by atoms with van der Waals surface area (Å²) in [6, 6.07) is 0.737. The third-order valence-corrected chi connectivity index (χ3v) is 2.71. The standard InChI is InChI=1S/C12H24N2/c1-4-7-13-12-6-9-14(10-12)8-5-11(2)3/h5,12-13H,4,6-10H2,1-3H3. The minimum absolute atomic E-state index is 0.737. The number of likely N-dealkylation sites (tertiary alicyclic amines) is 1. The van der Waals surface area contributed by atoms with Crippen molar-refractivity contribution in [2.75, 3.05) is 26.2 Å². The molecule has 0 amide bonds. The fraction of sp³-hybridized carbons (Fsp3) is 0.833. The lowest BCUT2D eigenvalue weighted by Gasteiger charge is -2.14. The highest BCUT2D eigenvalue weighted by Gasteiger charge is 2.20. The van der Waals surface area contributed by atoms with E-state index in [1.165, 1.54) is 38.0 Å². The minimum Gasteiger partial charge on any atom is -0.313 e. The monoisotopic (exact) mass is 196 g/mol. The summed E-state index contributed by atoms with van der Waals surface area (Å²) in [6.07, 6.45) is 4.88. The third kappa shape index (κ3) is 4.25. The van der Waals surface area contributed by atoms with Crippen LogP contribution >= 0.6 is 0 Å². The van der Waals surface area contributed by atoms with Crippen LogP contribution in [-0.2, 0) is 0 Å². The molecule has 0 spiro atoms. The second kappa shape index (κ2) is 6.20. The molecule has 1 fully saturated rings. The first-order valence-electron chi connectivity index (χ1n) is 5.81. The van der Waals surface area contributed by atoms with Crippen LogP contribution in [0.25, 0.3) is 0 Å². The predicted octanol–water partition coefficient (Wildman–Crippen LogP) is 2.03. The fourth-order valence-electron chi connectivity index (χ4n) is 1.83. The molecule has 14 heavy (non-hydrogen) atoms. The number of allylic oxidation sites excluding steroid dienone is 1. The molecule has 0 aromatic heterocycles. The van der Waals surface area contributed by atoms with Crippen LogP contribution in [0.3, 0.4) is 0 Å². The quantitative estimate of drug-likeness (QED) is 0.677. The van der Waals surface area contributed by atoms with Crippen molar-refractivity contribution in [3.8, 4) is 0 Å². The molecule has 0 aromatic carbocycles. The number of nitrogens with zero attached hydrogens (tertiary/aromatic N) is 1. The van der Waals surface area contributed by atoms with Gasteiger partial charge in [-0.05, 0) is 33.2 Å². The summed E-state index contributed by atoms with van der Waals surface area (Å²) in [4.78, 5) is 2.53. The van der Waals surface area contributed by atoms with E-state index in [1.54, 1.807) is 0 Å². The predicted molar refractivity (Wildman–Crippen MR) is 62.6 cm³/mol. The molecule has 1 rings (SSSR count). The maximum atomic E-state index is 3.59. The average molecular weight is 196 g/mol. The van der Waals surface area contributed by atoms with Gasteiger partial charge in [-0.3, -0.25) is 4.90 Å². The van der Waals surface area contributed by atoms with E-state index >= 15 is 0 Å². The normalized spacial score (nSPS) is 22.6. The number of hydrogen-bond donors (Lipinski definition) is 1. The molecule has 2 nitrogen and oxygen atoms in total. The zero-order chi connectivity index (χ0) is 10.4. The van der Waals surface area contributed by atoms with Gasteiger partial charge in [-0.2, -0.15) is 0 Å². The van der Waals surface area contributed by atoms with Gasteiger partial charge in [0.1, 0.15) is 0 Å². The fourth-order valence-corrected chi connectivity index (χ4v) is 1.83. The van der Waals surface area contributed by atoms with Crippen molar-refractivity contribution in [3.63, 3.8) is 0 Å². The molecule has 1 heterocycles. The van der Waals surface area contributed by atoms with Crippen molar-refractivity contribution < 1.29 is 0 Å². The van der Waals surface area contributed by atoms with Gasteiger partial charge in [0.05, 0.1) is 0 Å². The Labute approximate surface area is 88.4 Å². The lowest BCUT2D eigenvalue weighted by atomic mass is 10.2. The van der Waals surface area contributed by atoms with Gasteiger partial charge in [-0.15, -0.1) is 0 Å². The molecule has 1 aliphatic rings. The SMILES string of the molecule is CCCNC1CCN(CC=C(C)C)C1. The molecular formula is C12H24N2. The molecule has 82 valence electrons. The third-order valence-electron chi connectivity index (χ3n) is 2.71. The number of nitrogens with one attached hydrogen (secondary N) is 1. The lowest BCUT2D eigenvalue weighted by molar-refractivity contribution is 0.361. The Bertz CT molecular complexity index is 183. The van der Waals surface area contributed by atoms with Gasteiger partial charge >= 0.3 is 0 Å². The van der Waals surface area contributed by atoms with Crippen LogP contribution in [0, 0.1) is 0 Å². The van der Waals surface area contributed by atoms with E-state index in [2.05, 4.69) is 37.1 Å². The first kappa shape index (κ1) is 11.7. The Balaban J connectivity index is 2.17. The Kier molecular flexibility index (Phi) is 5.20. The van der Waals surface area contributed by atoms with Crippen LogP contribution < -0.4 is 5.32 Å². The van der Waals surface area contributed by atoms with Crippen molar-refractivity contribution in [1.29, 1.82) is 0 Å². The maximum absolute atomic E-state index is 3.59. The van der Waals surface area contributed by atoms with Gasteiger partial charge in [-0.1, -0.05) is 18.6 Å². The highest BCUT2D eigenvalue weighted by molar-refractivity contribution is 4.96. The van der Waals surface area contributed by atoms with Crippen LogP contribution in [0.15, 0.2) is 11.6 Å². The topological polar surface area (TPSA) is 15.3 Å². The van der Waals surface area contributed by atoms with E-state index in [-0.39, 0.29) is 0 Å². The van der Waals surface area contributed by atoms with Crippen LogP contribution in [0.2, 0.25) is 0 Å². The van der Waals surface area contributed by atoms with Crippen molar-refractivity contribution in [3.05, 3.63) is 11.6 Å². The van der Waals surface area contributed by atoms with Gasteiger partial charge in [-0.25, -0.2) is 0 Å². The summed E-state index contributed by atoms with van der Waals surface area (Å²) in [5, 5.41) is 3.59. The Morgan fingerprint density at radius 1 is 1.50 bits per heavy atom. The Morgan fingerprint density at radius 3 is 2.93 bits per heavy atom. The van der Waals surface area contributed by atoms with Crippen LogP contribution in [-0.4, -0.2) is 37.1 Å². The zero-order valence-corrected chi connectivity index (χ0v) is 9.84. The van der Waals surface area contributed by atoms with Crippen LogP contribution in [0.4, 0.5) is 0 Å². The first-order valence-corrected chi connectivity index (χ1v) is 5.81. The molecule has 0 radical (unpaired) electrons. The van der Waals surface area contributed by atoms with Crippen LogP contribution in [0.5, 0.6) is 0 Å². The molecule has 0 aromatic rings. The Morgan fingerprint density at radius 2 is 2.29 bits per heavy atom. The van der Waals surface area contributed by atoms with Crippen molar-refractivity contribution in [2.24, 2.45) is 0 Å². The highest BCUT2D eigenvalue weighted by Crippen LogP contribution is 2.09. The summed E-state index contributed by atoms with van der Waals surface area (Å²) in [5.41, 5.74) is 1.43. The molecular weight excluding hydrogens is 172 g/mol. The second-order valence-electron chi connectivity index (χ2n) is 4.48. The molecule has 2 heteroatoms. The molecule has 0 bridgehead atoms. The van der Waals surface area contributed by atoms with Gasteiger partial charge in [0.2, 0.25) is 0 Å².